The molecule has 7 heteroatoms. The fourth-order valence-electron chi connectivity index (χ4n) is 1.74. The molecule has 0 amide bonds. The van der Waals surface area contributed by atoms with Gasteiger partial charge in [0, 0.05) is 4.47 Å². The lowest BCUT2D eigenvalue weighted by Gasteiger charge is -2.02. The number of ether oxygens (including phenoxy) is 1. The lowest BCUT2D eigenvalue weighted by molar-refractivity contribution is 0.413. The topological polar surface area (TPSA) is 61.0 Å². The third kappa shape index (κ3) is 2.78. The molecule has 21 heavy (non-hydrogen) atoms. The van der Waals surface area contributed by atoms with Crippen LogP contribution in [0.3, 0.4) is 0 Å². The van der Waals surface area contributed by atoms with Crippen LogP contribution in [0.2, 0.25) is 0 Å². The summed E-state index contributed by atoms with van der Waals surface area (Å²) < 4.78 is 24.1. The van der Waals surface area contributed by atoms with Crippen LogP contribution < -0.4 is 4.74 Å². The van der Waals surface area contributed by atoms with Gasteiger partial charge in [-0.1, -0.05) is 5.16 Å². The average Bonchev–Trinajstić information content (AvgIpc) is 2.98. The summed E-state index contributed by atoms with van der Waals surface area (Å²) in [5, 5.41) is 3.86. The van der Waals surface area contributed by atoms with E-state index < -0.39 is 5.82 Å². The van der Waals surface area contributed by atoms with Crippen LogP contribution in [-0.2, 0) is 0 Å². The van der Waals surface area contributed by atoms with E-state index >= 15 is 0 Å². The number of hydrogen-bond donors (Lipinski definition) is 0. The Morgan fingerprint density at radius 1 is 1.24 bits per heavy atom. The molecule has 0 spiro atoms. The Bertz CT molecular complexity index is 774. The average molecular weight is 350 g/mol. The minimum absolute atomic E-state index is 0.291. The smallest absolute Gasteiger partial charge is 0.259 e. The van der Waals surface area contributed by atoms with E-state index in [0.717, 1.165) is 10.7 Å². The van der Waals surface area contributed by atoms with Gasteiger partial charge in [-0.2, -0.15) is 4.98 Å². The van der Waals surface area contributed by atoms with Gasteiger partial charge in [-0.15, -0.1) is 0 Å². The highest BCUT2D eigenvalue weighted by Gasteiger charge is 2.15. The largest absolute Gasteiger partial charge is 0.497 e. The summed E-state index contributed by atoms with van der Waals surface area (Å²) in [7, 11) is 1.58. The van der Waals surface area contributed by atoms with Gasteiger partial charge in [-0.3, -0.25) is 0 Å². The number of halogens is 2. The van der Waals surface area contributed by atoms with E-state index in [2.05, 4.69) is 31.1 Å². The predicted octanol–water partition coefficient (Wildman–Crippen LogP) is 3.71. The Hall–Kier alpha value is -2.28. The fraction of sp³-hybridized carbons (Fsp3) is 0.0714. The summed E-state index contributed by atoms with van der Waals surface area (Å²) >= 11 is 3.42. The van der Waals surface area contributed by atoms with Crippen molar-refractivity contribution in [2.24, 2.45) is 0 Å². The number of benzene rings is 1. The van der Waals surface area contributed by atoms with Gasteiger partial charge in [0.2, 0.25) is 5.82 Å². The van der Waals surface area contributed by atoms with Crippen LogP contribution >= 0.6 is 15.9 Å². The first kappa shape index (κ1) is 13.7. The Morgan fingerprint density at radius 3 is 2.81 bits per heavy atom. The second kappa shape index (κ2) is 5.61. The molecule has 0 saturated heterocycles. The molecule has 0 atom stereocenters. The first-order valence-electron chi connectivity index (χ1n) is 5.97. The van der Waals surface area contributed by atoms with Gasteiger partial charge in [0.25, 0.3) is 5.89 Å². The van der Waals surface area contributed by atoms with E-state index in [1.807, 2.05) is 12.1 Å². The van der Waals surface area contributed by atoms with Crippen LogP contribution in [0.5, 0.6) is 5.75 Å². The number of methoxy groups -OCH3 is 1. The van der Waals surface area contributed by atoms with Crippen molar-refractivity contribution < 1.29 is 13.7 Å². The zero-order chi connectivity index (χ0) is 14.8. The maximum Gasteiger partial charge on any atom is 0.259 e. The van der Waals surface area contributed by atoms with E-state index in [-0.39, 0.29) is 0 Å². The summed E-state index contributed by atoms with van der Waals surface area (Å²) in [6, 6.07) is 8.20. The van der Waals surface area contributed by atoms with E-state index in [1.165, 1.54) is 12.1 Å². The lowest BCUT2D eigenvalue weighted by Crippen LogP contribution is -1.88. The van der Waals surface area contributed by atoms with Gasteiger partial charge >= 0.3 is 0 Å². The molecule has 0 aliphatic carbocycles. The van der Waals surface area contributed by atoms with Gasteiger partial charge in [0.05, 0.1) is 18.9 Å². The molecule has 0 aliphatic rings. The molecular formula is C14H9BrFN3O2. The van der Waals surface area contributed by atoms with E-state index in [9.17, 15) is 4.39 Å². The molecule has 0 bridgehead atoms. The van der Waals surface area contributed by atoms with Gasteiger partial charge < -0.3 is 9.26 Å². The SMILES string of the molecule is COc1ccc(Br)c(-c2nc(-c3ccc(F)cn3)no2)c1. The van der Waals surface area contributed by atoms with Crippen molar-refractivity contribution in [3.05, 3.63) is 46.8 Å². The molecule has 5 nitrogen and oxygen atoms in total. The second-order valence-electron chi connectivity index (χ2n) is 4.13. The molecular weight excluding hydrogens is 341 g/mol. The molecule has 0 N–H and O–H groups in total. The highest BCUT2D eigenvalue weighted by molar-refractivity contribution is 9.10. The van der Waals surface area contributed by atoms with Crippen molar-refractivity contribution in [3.8, 4) is 28.7 Å². The van der Waals surface area contributed by atoms with Crippen molar-refractivity contribution in [2.45, 2.75) is 0 Å². The second-order valence-corrected chi connectivity index (χ2v) is 4.98. The standard InChI is InChI=1S/C14H9BrFN3O2/c1-20-9-3-4-11(15)10(6-9)14-18-13(19-21-14)12-5-2-8(16)7-17-12/h2-7H,1H3. The molecule has 3 aromatic rings. The van der Waals surface area contributed by atoms with E-state index in [1.54, 1.807) is 13.2 Å². The number of nitrogens with zero attached hydrogens (tertiary/aromatic N) is 3. The maximum absolute atomic E-state index is 12.9. The zero-order valence-corrected chi connectivity index (χ0v) is 12.5. The predicted molar refractivity (Wildman–Crippen MR) is 77.2 cm³/mol. The Morgan fingerprint density at radius 2 is 2.10 bits per heavy atom. The van der Waals surface area contributed by atoms with Crippen molar-refractivity contribution in [1.29, 1.82) is 0 Å². The monoisotopic (exact) mass is 349 g/mol. The lowest BCUT2D eigenvalue weighted by atomic mass is 10.2. The molecule has 0 aliphatic heterocycles. The summed E-state index contributed by atoms with van der Waals surface area (Å²) in [6.07, 6.45) is 1.10. The molecule has 2 aromatic heterocycles. The van der Waals surface area contributed by atoms with Crippen molar-refractivity contribution in [1.82, 2.24) is 15.1 Å². The molecule has 0 unspecified atom stereocenters. The third-order valence-corrected chi connectivity index (χ3v) is 3.48. The van der Waals surface area contributed by atoms with Crippen LogP contribution in [0.15, 0.2) is 45.5 Å². The molecule has 106 valence electrons. The van der Waals surface area contributed by atoms with Crippen LogP contribution in [0, 0.1) is 5.82 Å². The summed E-state index contributed by atoms with van der Waals surface area (Å²) in [5.74, 6) is 0.868. The van der Waals surface area contributed by atoms with Gasteiger partial charge in [-0.05, 0) is 46.3 Å². The van der Waals surface area contributed by atoms with Crippen molar-refractivity contribution >= 4 is 15.9 Å². The van der Waals surface area contributed by atoms with Gasteiger partial charge in [0.15, 0.2) is 0 Å². The molecule has 0 saturated carbocycles. The Labute approximate surface area is 127 Å². The third-order valence-electron chi connectivity index (χ3n) is 2.79. The summed E-state index contributed by atoms with van der Waals surface area (Å²) in [6.45, 7) is 0. The van der Waals surface area contributed by atoms with Crippen molar-refractivity contribution in [3.63, 3.8) is 0 Å². The zero-order valence-electron chi connectivity index (χ0n) is 10.9. The highest BCUT2D eigenvalue weighted by Crippen LogP contribution is 2.31. The van der Waals surface area contributed by atoms with Crippen LogP contribution in [0.1, 0.15) is 0 Å². The first-order valence-corrected chi connectivity index (χ1v) is 6.76. The molecule has 3 rings (SSSR count). The normalized spacial score (nSPS) is 10.6. The number of aromatic nitrogens is 3. The highest BCUT2D eigenvalue weighted by atomic mass is 79.9. The van der Waals surface area contributed by atoms with Gasteiger partial charge in [-0.25, -0.2) is 9.37 Å². The minimum atomic E-state index is -0.419. The first-order chi connectivity index (χ1) is 10.2. The minimum Gasteiger partial charge on any atom is -0.497 e. The Balaban J connectivity index is 2.00. The number of pyridine rings is 1. The molecule has 2 heterocycles. The van der Waals surface area contributed by atoms with Crippen LogP contribution in [0.4, 0.5) is 4.39 Å². The molecule has 1 aromatic carbocycles. The van der Waals surface area contributed by atoms with Crippen LogP contribution in [0.25, 0.3) is 23.0 Å². The number of rotatable bonds is 3. The van der Waals surface area contributed by atoms with E-state index in [4.69, 9.17) is 9.26 Å². The number of hydrogen-bond acceptors (Lipinski definition) is 5. The molecule has 0 radical (unpaired) electrons. The van der Waals surface area contributed by atoms with Crippen LogP contribution in [-0.4, -0.2) is 22.2 Å². The van der Waals surface area contributed by atoms with Gasteiger partial charge in [0.1, 0.15) is 17.3 Å². The summed E-state index contributed by atoms with van der Waals surface area (Å²) in [4.78, 5) is 8.18. The Kier molecular flexibility index (Phi) is 3.66. The summed E-state index contributed by atoms with van der Waals surface area (Å²) in [5.41, 5.74) is 1.14. The molecule has 0 fully saturated rings. The van der Waals surface area contributed by atoms with Crippen molar-refractivity contribution in [2.75, 3.05) is 7.11 Å². The van der Waals surface area contributed by atoms with E-state index in [0.29, 0.717) is 28.7 Å². The fourth-order valence-corrected chi connectivity index (χ4v) is 2.16. The quantitative estimate of drug-likeness (QED) is 0.721. The maximum atomic E-state index is 12.9.